The van der Waals surface area contributed by atoms with Crippen molar-refractivity contribution in [1.82, 2.24) is 4.90 Å². The van der Waals surface area contributed by atoms with Crippen LogP contribution in [0.3, 0.4) is 0 Å². The standard InChI is InChI=1S/C15H16F3NO3/c1-8-2-10(15(21)22)7-19(6-8)14(20)4-9-3-12(17)13(18)5-11(9)16/h3,5,8,10H,2,4,6-7H2,1H3,(H,21,22). The summed E-state index contributed by atoms with van der Waals surface area (Å²) in [5.41, 5.74) is -0.242. The number of rotatable bonds is 3. The average Bonchev–Trinajstić information content (AvgIpc) is 2.43. The Kier molecular flexibility index (Phi) is 4.73. The van der Waals surface area contributed by atoms with Crippen molar-refractivity contribution in [2.75, 3.05) is 13.1 Å². The van der Waals surface area contributed by atoms with Gasteiger partial charge in [0, 0.05) is 24.7 Å². The Morgan fingerprint density at radius 1 is 1.18 bits per heavy atom. The minimum Gasteiger partial charge on any atom is -0.481 e. The summed E-state index contributed by atoms with van der Waals surface area (Å²) in [7, 11) is 0. The smallest absolute Gasteiger partial charge is 0.308 e. The Balaban J connectivity index is 2.11. The van der Waals surface area contributed by atoms with Crippen LogP contribution in [0.1, 0.15) is 18.9 Å². The Bertz CT molecular complexity index is 606. The van der Waals surface area contributed by atoms with Crippen LogP contribution in [0.5, 0.6) is 0 Å². The molecule has 4 nitrogen and oxygen atoms in total. The molecule has 1 aromatic rings. The molecule has 0 radical (unpaired) electrons. The highest BCUT2D eigenvalue weighted by Gasteiger charge is 2.32. The summed E-state index contributed by atoms with van der Waals surface area (Å²) in [6.07, 6.45) is 0.0424. The van der Waals surface area contributed by atoms with Gasteiger partial charge >= 0.3 is 5.97 Å². The topological polar surface area (TPSA) is 57.6 Å². The van der Waals surface area contributed by atoms with Gasteiger partial charge in [0.25, 0.3) is 0 Å². The van der Waals surface area contributed by atoms with E-state index in [1.54, 1.807) is 0 Å². The molecule has 7 heteroatoms. The SMILES string of the molecule is CC1CC(C(=O)O)CN(C(=O)Cc2cc(F)c(F)cc2F)C1. The molecule has 1 aliphatic heterocycles. The van der Waals surface area contributed by atoms with Crippen molar-refractivity contribution in [3.05, 3.63) is 35.1 Å². The second-order valence-electron chi connectivity index (χ2n) is 5.71. The number of piperidine rings is 1. The molecule has 2 unspecified atom stereocenters. The zero-order valence-corrected chi connectivity index (χ0v) is 12.0. The first-order valence-electron chi connectivity index (χ1n) is 6.92. The molecule has 120 valence electrons. The summed E-state index contributed by atoms with van der Waals surface area (Å²) >= 11 is 0. The molecular formula is C15H16F3NO3. The molecule has 2 atom stereocenters. The molecule has 0 spiro atoms. The fourth-order valence-corrected chi connectivity index (χ4v) is 2.71. The van der Waals surface area contributed by atoms with Gasteiger partial charge in [-0.15, -0.1) is 0 Å². The van der Waals surface area contributed by atoms with Gasteiger partial charge in [-0.25, -0.2) is 13.2 Å². The molecule has 1 saturated heterocycles. The number of likely N-dealkylation sites (tertiary alicyclic amines) is 1. The van der Waals surface area contributed by atoms with Gasteiger partial charge in [-0.05, 0) is 18.4 Å². The Morgan fingerprint density at radius 3 is 2.45 bits per heavy atom. The van der Waals surface area contributed by atoms with Gasteiger partial charge < -0.3 is 10.0 Å². The molecule has 22 heavy (non-hydrogen) atoms. The van der Waals surface area contributed by atoms with Crippen LogP contribution in [0.4, 0.5) is 13.2 Å². The van der Waals surface area contributed by atoms with Crippen molar-refractivity contribution in [2.24, 2.45) is 11.8 Å². The van der Waals surface area contributed by atoms with Crippen LogP contribution in [-0.2, 0) is 16.0 Å². The molecule has 1 fully saturated rings. The maximum atomic E-state index is 13.6. The summed E-state index contributed by atoms with van der Waals surface area (Å²) in [5, 5.41) is 9.07. The van der Waals surface area contributed by atoms with Gasteiger partial charge in [-0.1, -0.05) is 6.92 Å². The van der Waals surface area contributed by atoms with Gasteiger partial charge in [0.1, 0.15) is 5.82 Å². The largest absolute Gasteiger partial charge is 0.481 e. The van der Waals surface area contributed by atoms with Crippen LogP contribution >= 0.6 is 0 Å². The molecule has 0 aliphatic carbocycles. The van der Waals surface area contributed by atoms with Crippen molar-refractivity contribution in [1.29, 1.82) is 0 Å². The first-order valence-corrected chi connectivity index (χ1v) is 6.92. The summed E-state index contributed by atoms with van der Waals surface area (Å²) in [4.78, 5) is 24.6. The van der Waals surface area contributed by atoms with Gasteiger partial charge in [0.15, 0.2) is 11.6 Å². The molecule has 0 aromatic heterocycles. The first-order chi connectivity index (χ1) is 10.3. The highest BCUT2D eigenvalue weighted by Crippen LogP contribution is 2.23. The van der Waals surface area contributed by atoms with Crippen molar-refractivity contribution in [2.45, 2.75) is 19.8 Å². The first kappa shape index (κ1) is 16.3. The van der Waals surface area contributed by atoms with E-state index in [9.17, 15) is 22.8 Å². The quantitative estimate of drug-likeness (QED) is 0.870. The average molecular weight is 315 g/mol. The van der Waals surface area contributed by atoms with E-state index in [-0.39, 0.29) is 18.0 Å². The van der Waals surface area contributed by atoms with Crippen LogP contribution < -0.4 is 0 Å². The Labute approximate surface area is 125 Å². The number of carboxylic acids is 1. The zero-order chi connectivity index (χ0) is 16.4. The molecule has 0 bridgehead atoms. The highest BCUT2D eigenvalue weighted by atomic mass is 19.2. The number of benzene rings is 1. The number of carboxylic acid groups (broad SMARTS) is 1. The van der Waals surface area contributed by atoms with Crippen molar-refractivity contribution in [3.63, 3.8) is 0 Å². The minimum absolute atomic E-state index is 0.00796. The third-order valence-corrected chi connectivity index (χ3v) is 3.79. The van der Waals surface area contributed by atoms with E-state index in [2.05, 4.69) is 0 Å². The normalized spacial score (nSPS) is 21.7. The van der Waals surface area contributed by atoms with Gasteiger partial charge in [-0.3, -0.25) is 9.59 Å². The fraction of sp³-hybridized carbons (Fsp3) is 0.467. The van der Waals surface area contributed by atoms with Gasteiger partial charge in [-0.2, -0.15) is 0 Å². The molecule has 1 aliphatic rings. The van der Waals surface area contributed by atoms with E-state index in [4.69, 9.17) is 5.11 Å². The minimum atomic E-state index is -1.31. The number of hydrogen-bond acceptors (Lipinski definition) is 2. The molecule has 1 N–H and O–H groups in total. The van der Waals surface area contributed by atoms with Gasteiger partial charge in [0.05, 0.1) is 12.3 Å². The number of hydrogen-bond donors (Lipinski definition) is 1. The molecule has 1 heterocycles. The van der Waals surface area contributed by atoms with E-state index in [1.165, 1.54) is 4.90 Å². The molecule has 1 aromatic carbocycles. The predicted molar refractivity (Wildman–Crippen MR) is 71.5 cm³/mol. The van der Waals surface area contributed by atoms with Gasteiger partial charge in [0.2, 0.25) is 5.91 Å². The predicted octanol–water partition coefficient (Wildman–Crippen LogP) is 2.22. The van der Waals surface area contributed by atoms with Crippen LogP contribution in [0.15, 0.2) is 12.1 Å². The second-order valence-corrected chi connectivity index (χ2v) is 5.71. The van der Waals surface area contributed by atoms with E-state index >= 15 is 0 Å². The van der Waals surface area contributed by atoms with Crippen molar-refractivity contribution in [3.8, 4) is 0 Å². The van der Waals surface area contributed by atoms with Crippen LogP contribution in [0, 0.1) is 29.3 Å². The lowest BCUT2D eigenvalue weighted by atomic mass is 9.90. The Hall–Kier alpha value is -2.05. The fourth-order valence-electron chi connectivity index (χ4n) is 2.71. The number of halogens is 3. The van der Waals surface area contributed by atoms with Crippen molar-refractivity contribution >= 4 is 11.9 Å². The number of carbonyl (C=O) groups is 2. The maximum Gasteiger partial charge on any atom is 0.308 e. The van der Waals surface area contributed by atoms with E-state index in [1.807, 2.05) is 6.92 Å². The third kappa shape index (κ3) is 3.58. The molecular weight excluding hydrogens is 299 g/mol. The second kappa shape index (κ2) is 6.37. The van der Waals surface area contributed by atoms with E-state index < -0.39 is 41.7 Å². The van der Waals surface area contributed by atoms with Crippen LogP contribution in [-0.4, -0.2) is 35.0 Å². The zero-order valence-electron chi connectivity index (χ0n) is 12.0. The highest BCUT2D eigenvalue weighted by molar-refractivity contribution is 5.80. The van der Waals surface area contributed by atoms with E-state index in [0.29, 0.717) is 25.1 Å². The van der Waals surface area contributed by atoms with Crippen molar-refractivity contribution < 1.29 is 27.9 Å². The van der Waals surface area contributed by atoms with E-state index in [0.717, 1.165) is 0 Å². The third-order valence-electron chi connectivity index (χ3n) is 3.79. The summed E-state index contributed by atoms with van der Waals surface area (Å²) < 4.78 is 39.6. The lowest BCUT2D eigenvalue weighted by Crippen LogP contribution is -2.46. The lowest BCUT2D eigenvalue weighted by molar-refractivity contribution is -0.146. The molecule has 0 saturated carbocycles. The summed E-state index contributed by atoms with van der Waals surface area (Å²) in [6, 6.07) is 1.06. The van der Waals surface area contributed by atoms with Crippen LogP contribution in [0.2, 0.25) is 0 Å². The Morgan fingerprint density at radius 2 is 1.82 bits per heavy atom. The monoisotopic (exact) mass is 315 g/mol. The number of amides is 1. The molecule has 1 amide bonds. The lowest BCUT2D eigenvalue weighted by Gasteiger charge is -2.34. The number of carbonyl (C=O) groups excluding carboxylic acids is 1. The number of aliphatic carboxylic acids is 1. The van der Waals surface area contributed by atoms with Crippen LogP contribution in [0.25, 0.3) is 0 Å². The number of nitrogens with zero attached hydrogens (tertiary/aromatic N) is 1. The molecule has 2 rings (SSSR count). The summed E-state index contributed by atoms with van der Waals surface area (Å²) in [6.45, 7) is 2.24. The summed E-state index contributed by atoms with van der Waals surface area (Å²) in [5.74, 6) is -5.67. The maximum absolute atomic E-state index is 13.6.